The van der Waals surface area contributed by atoms with Gasteiger partial charge in [0.05, 0.1) is 12.7 Å². The van der Waals surface area contributed by atoms with Gasteiger partial charge >= 0.3 is 5.92 Å². The number of halogens is 3. The van der Waals surface area contributed by atoms with Crippen LogP contribution >= 0.6 is 11.6 Å². The minimum atomic E-state index is -3.34. The zero-order chi connectivity index (χ0) is 28.1. The van der Waals surface area contributed by atoms with Crippen LogP contribution in [-0.4, -0.2) is 45.0 Å². The molecule has 0 saturated heterocycles. The van der Waals surface area contributed by atoms with Crippen LogP contribution in [0.3, 0.4) is 0 Å². The number of nitrogens with zero attached hydrogens (tertiary/aromatic N) is 4. The Bertz CT molecular complexity index is 1220. The van der Waals surface area contributed by atoms with E-state index >= 15 is 0 Å². The molecular weight excluding hydrogens is 514 g/mol. The summed E-state index contributed by atoms with van der Waals surface area (Å²) < 4.78 is 29.8. The third-order valence-corrected chi connectivity index (χ3v) is 6.01. The van der Waals surface area contributed by atoms with Crippen molar-refractivity contribution < 1.29 is 13.6 Å². The van der Waals surface area contributed by atoms with Crippen LogP contribution in [0.15, 0.2) is 59.7 Å². The normalized spacial score (nSPS) is 11.1. The number of anilines is 1. The average Bonchev–Trinajstić information content (AvgIpc) is 2.94. The van der Waals surface area contributed by atoms with Gasteiger partial charge in [0.2, 0.25) is 5.91 Å². The molecule has 1 aromatic carbocycles. The summed E-state index contributed by atoms with van der Waals surface area (Å²) in [5.41, 5.74) is 0.842. The Hall–Kier alpha value is -3.37. The molecule has 0 aliphatic heterocycles. The van der Waals surface area contributed by atoms with Crippen LogP contribution in [0.25, 0.3) is 0 Å². The molecule has 0 radical (unpaired) electrons. The van der Waals surface area contributed by atoms with Crippen LogP contribution in [0, 0.1) is 0 Å². The van der Waals surface area contributed by atoms with E-state index in [1.165, 1.54) is 24.4 Å². The molecule has 2 heterocycles. The number of carbonyl (C=O) groups excluding carboxylic acids is 1. The summed E-state index contributed by atoms with van der Waals surface area (Å²) in [6.07, 6.45) is 2.40. The summed E-state index contributed by atoms with van der Waals surface area (Å²) in [4.78, 5) is 35.2. The molecule has 11 heteroatoms. The van der Waals surface area contributed by atoms with Crippen molar-refractivity contribution in [3.63, 3.8) is 0 Å². The molecule has 0 saturated carbocycles. The number of aromatic nitrogens is 3. The monoisotopic (exact) mass is 548 g/mol. The molecule has 2 N–H and O–H groups in total. The largest absolute Gasteiger partial charge is 0.359 e. The highest BCUT2D eigenvalue weighted by Crippen LogP contribution is 2.25. The van der Waals surface area contributed by atoms with Crippen LogP contribution < -0.4 is 16.2 Å². The third kappa shape index (κ3) is 8.59. The van der Waals surface area contributed by atoms with E-state index in [0.29, 0.717) is 0 Å². The maximum Gasteiger partial charge on any atom is 0.306 e. The maximum absolute atomic E-state index is 14.4. The van der Waals surface area contributed by atoms with E-state index in [-0.39, 0.29) is 24.1 Å². The second-order valence-corrected chi connectivity index (χ2v) is 8.49. The van der Waals surface area contributed by atoms with Gasteiger partial charge in [-0.05, 0) is 36.3 Å². The standard InChI is InChI=1S/C25H29ClF2N6O2.C2H6/c1-3-33(4-2)15-19-10-6-5-9-18(19)13-30-22(35)16-34-21(26)14-31-23(24(34)36)32-17-25(27,28)20-11-7-8-12-29-20;1-2/h5-12,14H,3-4,13,15-17H2,1-2H3,(H,30,35)(H,31,32);1-2H3. The fraction of sp³-hybridized carbons (Fsp3) is 0.407. The molecule has 3 rings (SSSR count). The molecular formula is C27H35ClF2N6O2. The second-order valence-electron chi connectivity index (χ2n) is 8.10. The van der Waals surface area contributed by atoms with Crippen LogP contribution in [0.4, 0.5) is 14.6 Å². The van der Waals surface area contributed by atoms with Crippen molar-refractivity contribution in [1.82, 2.24) is 24.8 Å². The zero-order valence-electron chi connectivity index (χ0n) is 22.2. The Morgan fingerprint density at radius 2 is 1.71 bits per heavy atom. The van der Waals surface area contributed by atoms with Gasteiger partial charge in [0.15, 0.2) is 5.82 Å². The number of amides is 1. The fourth-order valence-electron chi connectivity index (χ4n) is 3.57. The van der Waals surface area contributed by atoms with Crippen LogP contribution in [-0.2, 0) is 30.4 Å². The number of rotatable bonds is 12. The van der Waals surface area contributed by atoms with Gasteiger partial charge in [-0.25, -0.2) is 4.98 Å². The first-order valence-electron chi connectivity index (χ1n) is 12.6. The molecule has 8 nitrogen and oxygen atoms in total. The van der Waals surface area contributed by atoms with Crippen molar-refractivity contribution >= 4 is 23.3 Å². The molecule has 2 aromatic heterocycles. The Morgan fingerprint density at radius 3 is 2.34 bits per heavy atom. The summed E-state index contributed by atoms with van der Waals surface area (Å²) in [7, 11) is 0. The number of pyridine rings is 1. The van der Waals surface area contributed by atoms with E-state index in [0.717, 1.165) is 41.5 Å². The van der Waals surface area contributed by atoms with E-state index in [2.05, 4.69) is 39.3 Å². The van der Waals surface area contributed by atoms with Crippen molar-refractivity contribution in [3.8, 4) is 0 Å². The lowest BCUT2D eigenvalue weighted by Crippen LogP contribution is -2.35. The molecule has 3 aromatic rings. The van der Waals surface area contributed by atoms with Crippen molar-refractivity contribution in [2.24, 2.45) is 0 Å². The first kappa shape index (κ1) is 30.9. The lowest BCUT2D eigenvalue weighted by atomic mass is 10.1. The summed E-state index contributed by atoms with van der Waals surface area (Å²) in [6, 6.07) is 12.0. The van der Waals surface area contributed by atoms with Gasteiger partial charge in [0.1, 0.15) is 17.4 Å². The van der Waals surface area contributed by atoms with Crippen molar-refractivity contribution in [2.45, 2.75) is 53.3 Å². The Balaban J connectivity index is 0.00000247. The number of benzene rings is 1. The average molecular weight is 549 g/mol. The zero-order valence-corrected chi connectivity index (χ0v) is 22.9. The molecule has 206 valence electrons. The van der Waals surface area contributed by atoms with E-state index in [1.807, 2.05) is 38.1 Å². The van der Waals surface area contributed by atoms with Gasteiger partial charge in [-0.1, -0.05) is 69.6 Å². The summed E-state index contributed by atoms with van der Waals surface area (Å²) in [5, 5.41) is 5.08. The molecule has 38 heavy (non-hydrogen) atoms. The number of nitrogens with one attached hydrogen (secondary N) is 2. The van der Waals surface area contributed by atoms with E-state index in [4.69, 9.17) is 11.6 Å². The van der Waals surface area contributed by atoms with Crippen molar-refractivity contribution in [1.29, 1.82) is 0 Å². The maximum atomic E-state index is 14.4. The number of hydrogen-bond donors (Lipinski definition) is 2. The van der Waals surface area contributed by atoms with Gasteiger partial charge in [-0.2, -0.15) is 8.78 Å². The quantitative estimate of drug-likeness (QED) is 0.341. The summed E-state index contributed by atoms with van der Waals surface area (Å²) >= 11 is 6.09. The first-order valence-corrected chi connectivity index (χ1v) is 13.0. The van der Waals surface area contributed by atoms with Crippen LogP contribution in [0.1, 0.15) is 44.5 Å². The van der Waals surface area contributed by atoms with E-state index < -0.39 is 29.6 Å². The van der Waals surface area contributed by atoms with E-state index in [1.54, 1.807) is 0 Å². The molecule has 0 spiro atoms. The molecule has 0 unspecified atom stereocenters. The third-order valence-electron chi connectivity index (χ3n) is 5.71. The highest BCUT2D eigenvalue weighted by atomic mass is 35.5. The molecule has 1 amide bonds. The van der Waals surface area contributed by atoms with Crippen molar-refractivity contribution in [2.75, 3.05) is 25.0 Å². The summed E-state index contributed by atoms with van der Waals surface area (Å²) in [5.74, 6) is -4.13. The second kappa shape index (κ2) is 15.1. The molecule has 0 aliphatic rings. The van der Waals surface area contributed by atoms with E-state index in [9.17, 15) is 18.4 Å². The van der Waals surface area contributed by atoms with Gasteiger partial charge in [0, 0.05) is 19.3 Å². The number of alkyl halides is 2. The van der Waals surface area contributed by atoms with Crippen LogP contribution in [0.2, 0.25) is 5.15 Å². The Labute approximate surface area is 227 Å². The first-order chi connectivity index (χ1) is 18.2. The predicted molar refractivity (Wildman–Crippen MR) is 146 cm³/mol. The van der Waals surface area contributed by atoms with Gasteiger partial charge in [0.25, 0.3) is 5.56 Å². The summed E-state index contributed by atoms with van der Waals surface area (Å²) in [6.45, 7) is 9.74. The van der Waals surface area contributed by atoms with Crippen LogP contribution in [0.5, 0.6) is 0 Å². The lowest BCUT2D eigenvalue weighted by molar-refractivity contribution is -0.121. The number of hydrogen-bond acceptors (Lipinski definition) is 6. The predicted octanol–water partition coefficient (Wildman–Crippen LogP) is 4.68. The Kier molecular flexibility index (Phi) is 12.3. The number of carbonyl (C=O) groups is 1. The SMILES string of the molecule is CC.CCN(CC)Cc1ccccc1CNC(=O)Cn1c(Cl)cnc(NCC(F)(F)c2ccccn2)c1=O. The smallest absolute Gasteiger partial charge is 0.306 e. The minimum absolute atomic E-state index is 0.0841. The van der Waals surface area contributed by atoms with Crippen molar-refractivity contribution in [3.05, 3.63) is 87.2 Å². The fourth-order valence-corrected chi connectivity index (χ4v) is 3.75. The highest BCUT2D eigenvalue weighted by molar-refractivity contribution is 6.29. The minimum Gasteiger partial charge on any atom is -0.359 e. The molecule has 0 fully saturated rings. The Morgan fingerprint density at radius 1 is 1.05 bits per heavy atom. The molecule has 0 bridgehead atoms. The van der Waals surface area contributed by atoms with Gasteiger partial charge in [-0.15, -0.1) is 0 Å². The van der Waals surface area contributed by atoms with Gasteiger partial charge < -0.3 is 10.6 Å². The lowest BCUT2D eigenvalue weighted by Gasteiger charge is -2.20. The topological polar surface area (TPSA) is 92.2 Å². The van der Waals surface area contributed by atoms with Gasteiger partial charge in [-0.3, -0.25) is 24.0 Å². The molecule has 0 atom stereocenters. The molecule has 0 aliphatic carbocycles. The highest BCUT2D eigenvalue weighted by Gasteiger charge is 2.33.